The fraction of sp³-hybridized carbons (Fsp3) is 0.0690. The highest BCUT2D eigenvalue weighted by molar-refractivity contribution is 9.10. The molecule has 0 radical (unpaired) electrons. The van der Waals surface area contributed by atoms with Gasteiger partial charge in [0.05, 0.1) is 0 Å². The second-order valence-electron chi connectivity index (χ2n) is 16.7. The minimum absolute atomic E-state index is 0.0713. The number of para-hydroxylation sites is 2. The van der Waals surface area contributed by atoms with Crippen LogP contribution in [0, 0.1) is 0 Å². The van der Waals surface area contributed by atoms with E-state index in [4.69, 9.17) is 0 Å². The molecular weight excluding hydrogens is 805 g/mol. The summed E-state index contributed by atoms with van der Waals surface area (Å²) in [6.45, 7) is 4.70. The fourth-order valence-electron chi connectivity index (χ4n) is 10.00. The molecule has 0 bridgehead atoms. The van der Waals surface area contributed by atoms with E-state index in [0.29, 0.717) is 0 Å². The van der Waals surface area contributed by atoms with Gasteiger partial charge in [0.25, 0.3) is 0 Å². The predicted octanol–water partition coefficient (Wildman–Crippen LogP) is 16.5. The first-order valence-corrected chi connectivity index (χ1v) is 21.9. The van der Waals surface area contributed by atoms with Crippen LogP contribution in [0.2, 0.25) is 0 Å². The molecule has 2 aliphatic rings. The summed E-state index contributed by atoms with van der Waals surface area (Å²) < 4.78 is 0.996. The Labute approximate surface area is 367 Å². The van der Waals surface area contributed by atoms with Crippen molar-refractivity contribution >= 4 is 50.1 Å². The molecule has 11 rings (SSSR count). The molecule has 0 saturated heterocycles. The summed E-state index contributed by atoms with van der Waals surface area (Å²) in [5.74, 6) is 0.0713. The molecule has 0 aromatic heterocycles. The molecule has 61 heavy (non-hydrogen) atoms. The van der Waals surface area contributed by atoms with E-state index < -0.39 is 0 Å². The summed E-state index contributed by atoms with van der Waals surface area (Å²) in [6.07, 6.45) is 0. The lowest BCUT2D eigenvalue weighted by Gasteiger charge is -2.31. The highest BCUT2D eigenvalue weighted by Gasteiger charge is 2.36. The van der Waals surface area contributed by atoms with Crippen molar-refractivity contribution < 1.29 is 0 Å². The van der Waals surface area contributed by atoms with Crippen LogP contribution in [0.25, 0.3) is 33.4 Å². The summed E-state index contributed by atoms with van der Waals surface area (Å²) >= 11 is 4.02. The van der Waals surface area contributed by atoms with Gasteiger partial charge in [0, 0.05) is 49.9 Å². The smallest absolute Gasteiger partial charge is 0.0493 e. The minimum Gasteiger partial charge on any atom is -0.310 e. The monoisotopic (exact) mass is 846 g/mol. The van der Waals surface area contributed by atoms with Gasteiger partial charge in [0.15, 0.2) is 0 Å². The zero-order valence-corrected chi connectivity index (χ0v) is 35.7. The molecule has 0 fully saturated rings. The third kappa shape index (κ3) is 6.31. The molecule has 9 aromatic carbocycles. The molecule has 0 atom stereocenters. The normalized spacial score (nSPS) is 13.2. The third-order valence-corrected chi connectivity index (χ3v) is 13.2. The molecule has 0 N–H and O–H groups in total. The highest BCUT2D eigenvalue weighted by atomic mass is 79.9. The first-order valence-electron chi connectivity index (χ1n) is 21.1. The number of hydrogen-bond acceptors (Lipinski definition) is 2. The molecule has 0 heterocycles. The summed E-state index contributed by atoms with van der Waals surface area (Å²) in [6, 6.07) is 80.0. The zero-order valence-electron chi connectivity index (χ0n) is 34.1. The summed E-state index contributed by atoms with van der Waals surface area (Å²) in [5, 5.41) is 0. The topological polar surface area (TPSA) is 6.48 Å². The number of rotatable bonds is 8. The molecular formula is C58H43BrN2. The maximum Gasteiger partial charge on any atom is 0.0493 e. The van der Waals surface area contributed by atoms with Crippen molar-refractivity contribution in [3.05, 3.63) is 251 Å². The maximum atomic E-state index is 4.02. The van der Waals surface area contributed by atoms with E-state index in [1.165, 1.54) is 61.2 Å². The van der Waals surface area contributed by atoms with E-state index in [1.807, 2.05) is 0 Å². The van der Waals surface area contributed by atoms with Gasteiger partial charge in [-0.3, -0.25) is 0 Å². The Hall–Kier alpha value is -6.94. The van der Waals surface area contributed by atoms with Crippen molar-refractivity contribution in [3.63, 3.8) is 0 Å². The van der Waals surface area contributed by atoms with Gasteiger partial charge in [-0.05, 0) is 128 Å². The van der Waals surface area contributed by atoms with E-state index in [9.17, 15) is 0 Å². The van der Waals surface area contributed by atoms with Gasteiger partial charge in [0.1, 0.15) is 0 Å². The van der Waals surface area contributed by atoms with Crippen LogP contribution >= 0.6 is 15.9 Å². The summed E-state index contributed by atoms with van der Waals surface area (Å²) in [7, 11) is 0. The van der Waals surface area contributed by atoms with E-state index in [1.54, 1.807) is 0 Å². The Balaban J connectivity index is 1.10. The van der Waals surface area contributed by atoms with Crippen LogP contribution < -0.4 is 9.80 Å². The Morgan fingerprint density at radius 1 is 0.344 bits per heavy atom. The van der Waals surface area contributed by atoms with Crippen molar-refractivity contribution in [3.8, 4) is 33.4 Å². The first-order chi connectivity index (χ1) is 29.9. The van der Waals surface area contributed by atoms with Crippen LogP contribution in [0.4, 0.5) is 34.1 Å². The lowest BCUT2D eigenvalue weighted by atomic mass is 9.82. The van der Waals surface area contributed by atoms with Crippen molar-refractivity contribution in [2.75, 3.05) is 9.80 Å². The van der Waals surface area contributed by atoms with Crippen LogP contribution in [-0.4, -0.2) is 0 Å². The van der Waals surface area contributed by atoms with E-state index in [-0.39, 0.29) is 11.3 Å². The van der Waals surface area contributed by atoms with Gasteiger partial charge < -0.3 is 9.80 Å². The Kier molecular flexibility index (Phi) is 9.09. The van der Waals surface area contributed by atoms with Gasteiger partial charge >= 0.3 is 0 Å². The fourth-order valence-corrected chi connectivity index (χ4v) is 10.5. The number of nitrogens with zero attached hydrogens (tertiary/aromatic N) is 2. The number of fused-ring (bicyclic) bond motifs is 6. The largest absolute Gasteiger partial charge is 0.310 e. The van der Waals surface area contributed by atoms with Crippen LogP contribution in [0.15, 0.2) is 223 Å². The van der Waals surface area contributed by atoms with Crippen molar-refractivity contribution in [1.29, 1.82) is 0 Å². The standard InChI is InChI=1S/C58H43BrN2/c1-58(2)55-29-17-16-26-50(55)51-33-31-44(38-56(51)58)61(42-22-10-5-11-23-42)46-35-40(59)34-45(36-46)60(41-20-8-4-9-21-41)43-30-32-47(39-18-6-3-7-19-39)54(37-43)57-52-27-14-12-24-48(52)49-25-13-15-28-53(49)57/h3-38,57H,1-2H3. The SMILES string of the molecule is CC1(C)c2ccccc2-c2ccc(N(c3ccccc3)c3cc(Br)cc(N(c4ccccc4)c4ccc(-c5ccccc5)c(C5c6ccccc6-c6ccccc65)c4)c3)cc21. The first kappa shape index (κ1) is 37.1. The quantitative estimate of drug-likeness (QED) is 0.150. The van der Waals surface area contributed by atoms with Crippen LogP contribution in [-0.2, 0) is 5.41 Å². The van der Waals surface area contributed by atoms with E-state index in [0.717, 1.165) is 38.6 Å². The molecule has 0 amide bonds. The summed E-state index contributed by atoms with van der Waals surface area (Å²) in [5.41, 5.74) is 20.8. The van der Waals surface area contributed by atoms with Gasteiger partial charge in [-0.2, -0.15) is 0 Å². The molecule has 292 valence electrons. The Morgan fingerprint density at radius 3 is 1.39 bits per heavy atom. The van der Waals surface area contributed by atoms with Gasteiger partial charge in [0.2, 0.25) is 0 Å². The lowest BCUT2D eigenvalue weighted by molar-refractivity contribution is 0.660. The van der Waals surface area contributed by atoms with Crippen molar-refractivity contribution in [2.24, 2.45) is 0 Å². The Morgan fingerprint density at radius 2 is 0.803 bits per heavy atom. The van der Waals surface area contributed by atoms with Crippen molar-refractivity contribution in [2.45, 2.75) is 25.2 Å². The molecule has 2 nitrogen and oxygen atoms in total. The molecule has 3 heteroatoms. The molecule has 0 aliphatic heterocycles. The molecule has 9 aromatic rings. The van der Waals surface area contributed by atoms with Gasteiger partial charge in [-0.1, -0.05) is 181 Å². The average Bonchev–Trinajstić information content (AvgIpc) is 3.75. The average molecular weight is 848 g/mol. The molecule has 0 spiro atoms. The third-order valence-electron chi connectivity index (χ3n) is 12.8. The van der Waals surface area contributed by atoms with Crippen LogP contribution in [0.3, 0.4) is 0 Å². The van der Waals surface area contributed by atoms with Crippen LogP contribution in [0.5, 0.6) is 0 Å². The number of hydrogen-bond donors (Lipinski definition) is 0. The van der Waals surface area contributed by atoms with Gasteiger partial charge in [-0.15, -0.1) is 0 Å². The maximum absolute atomic E-state index is 4.02. The molecule has 0 unspecified atom stereocenters. The van der Waals surface area contributed by atoms with E-state index in [2.05, 4.69) is 258 Å². The lowest BCUT2D eigenvalue weighted by Crippen LogP contribution is -2.17. The van der Waals surface area contributed by atoms with Crippen molar-refractivity contribution in [1.82, 2.24) is 0 Å². The zero-order chi connectivity index (χ0) is 41.1. The van der Waals surface area contributed by atoms with Gasteiger partial charge in [-0.25, -0.2) is 0 Å². The number of halogens is 1. The van der Waals surface area contributed by atoms with E-state index >= 15 is 0 Å². The second-order valence-corrected chi connectivity index (χ2v) is 17.6. The van der Waals surface area contributed by atoms with Crippen LogP contribution in [0.1, 0.15) is 47.6 Å². The summed E-state index contributed by atoms with van der Waals surface area (Å²) in [4.78, 5) is 4.80. The second kappa shape index (κ2) is 15.0. The highest BCUT2D eigenvalue weighted by Crippen LogP contribution is 2.53. The molecule has 0 saturated carbocycles. The molecule has 2 aliphatic carbocycles. The number of anilines is 6. The minimum atomic E-state index is -0.124. The number of benzene rings is 9. The predicted molar refractivity (Wildman–Crippen MR) is 259 cm³/mol. The Bertz CT molecular complexity index is 3040.